The van der Waals surface area contributed by atoms with Gasteiger partial charge in [-0.1, -0.05) is 19.1 Å². The minimum absolute atomic E-state index is 0.0846. The van der Waals surface area contributed by atoms with Gasteiger partial charge in [-0.05, 0) is 36.2 Å². The van der Waals surface area contributed by atoms with Crippen molar-refractivity contribution < 1.29 is 14.7 Å². The van der Waals surface area contributed by atoms with Crippen LogP contribution in [-0.2, 0) is 0 Å². The van der Waals surface area contributed by atoms with Crippen LogP contribution in [0.2, 0.25) is 0 Å². The van der Waals surface area contributed by atoms with Crippen LogP contribution in [0.5, 0.6) is 0 Å². The van der Waals surface area contributed by atoms with Crippen molar-refractivity contribution in [1.82, 2.24) is 30.5 Å². The smallest absolute Gasteiger partial charge is 0.335 e. The molecule has 1 unspecified atom stereocenters. The average molecular weight is 354 g/mol. The summed E-state index contributed by atoms with van der Waals surface area (Å²) in [7, 11) is 0. The monoisotopic (exact) mass is 354 g/mol. The maximum atomic E-state index is 12.3. The van der Waals surface area contributed by atoms with E-state index in [9.17, 15) is 9.59 Å². The third-order valence-corrected chi connectivity index (χ3v) is 3.91. The molecule has 0 aliphatic carbocycles. The van der Waals surface area contributed by atoms with Crippen LogP contribution in [-0.4, -0.2) is 42.2 Å². The number of aromatic nitrogens is 5. The summed E-state index contributed by atoms with van der Waals surface area (Å²) in [4.78, 5) is 23.2. The number of aromatic carboxylic acids is 1. The highest BCUT2D eigenvalue weighted by Gasteiger charge is 2.23. The molecule has 0 fully saturated rings. The fourth-order valence-electron chi connectivity index (χ4n) is 2.49. The minimum atomic E-state index is -0.989. The number of nitrogens with one attached hydrogen (secondary N) is 2. The zero-order chi connectivity index (χ0) is 18.7. The Hall–Kier alpha value is -3.49. The van der Waals surface area contributed by atoms with E-state index in [1.165, 1.54) is 18.3 Å². The Morgan fingerprint density at radius 1 is 1.19 bits per heavy atom. The number of aromatic amines is 1. The lowest BCUT2D eigenvalue weighted by molar-refractivity contribution is 0.0696. The number of rotatable bonds is 6. The van der Waals surface area contributed by atoms with Crippen molar-refractivity contribution in [2.24, 2.45) is 5.92 Å². The molecule has 26 heavy (non-hydrogen) atoms. The van der Waals surface area contributed by atoms with Gasteiger partial charge in [-0.25, -0.2) is 9.48 Å². The summed E-state index contributed by atoms with van der Waals surface area (Å²) >= 11 is 0. The third kappa shape index (κ3) is 3.61. The summed E-state index contributed by atoms with van der Waals surface area (Å²) in [6.45, 7) is 3.94. The quantitative estimate of drug-likeness (QED) is 0.620. The lowest BCUT2D eigenvalue weighted by Gasteiger charge is -2.19. The first-order valence-corrected chi connectivity index (χ1v) is 8.02. The van der Waals surface area contributed by atoms with Gasteiger partial charge in [0.25, 0.3) is 5.91 Å². The molecule has 0 saturated heterocycles. The van der Waals surface area contributed by atoms with Gasteiger partial charge in [0.2, 0.25) is 0 Å². The number of carbonyl (C=O) groups excluding carboxylic acids is 1. The molecule has 0 aliphatic heterocycles. The number of carbonyl (C=O) groups is 2. The van der Waals surface area contributed by atoms with Crippen molar-refractivity contribution in [2.75, 3.05) is 0 Å². The SMILES string of the molecule is CC(C)C(NC(=O)c1ccn[nH]1)c1cn(-c2ccc(C(=O)O)cc2)nn1. The van der Waals surface area contributed by atoms with Gasteiger partial charge in [-0.15, -0.1) is 5.10 Å². The first-order valence-electron chi connectivity index (χ1n) is 8.02. The van der Waals surface area contributed by atoms with E-state index < -0.39 is 5.97 Å². The maximum Gasteiger partial charge on any atom is 0.335 e. The molecule has 1 amide bonds. The Morgan fingerprint density at radius 2 is 1.92 bits per heavy atom. The minimum Gasteiger partial charge on any atom is -0.478 e. The Morgan fingerprint density at radius 3 is 2.50 bits per heavy atom. The topological polar surface area (TPSA) is 126 Å². The Bertz CT molecular complexity index is 899. The molecule has 0 aliphatic rings. The fraction of sp³-hybridized carbons (Fsp3) is 0.235. The van der Waals surface area contributed by atoms with Crippen LogP contribution in [0.1, 0.15) is 46.4 Å². The van der Waals surface area contributed by atoms with E-state index >= 15 is 0 Å². The number of H-pyrrole nitrogens is 1. The standard InChI is InChI=1S/C17H18N6O3/c1-10(2)15(19-16(24)13-7-8-18-20-13)14-9-23(22-21-14)12-5-3-11(4-6-12)17(25)26/h3-10,15H,1-2H3,(H,18,20)(H,19,24)(H,25,26). The summed E-state index contributed by atoms with van der Waals surface area (Å²) in [6.07, 6.45) is 3.23. The molecule has 0 bridgehead atoms. The van der Waals surface area contributed by atoms with Crippen LogP contribution in [0.15, 0.2) is 42.7 Å². The highest BCUT2D eigenvalue weighted by Crippen LogP contribution is 2.21. The third-order valence-electron chi connectivity index (χ3n) is 3.91. The van der Waals surface area contributed by atoms with Crippen LogP contribution in [0.25, 0.3) is 5.69 Å². The molecular weight excluding hydrogens is 336 g/mol. The van der Waals surface area contributed by atoms with E-state index in [1.807, 2.05) is 13.8 Å². The highest BCUT2D eigenvalue weighted by atomic mass is 16.4. The number of hydrogen-bond donors (Lipinski definition) is 3. The predicted octanol–water partition coefficient (Wildman–Crippen LogP) is 1.82. The molecular formula is C17H18N6O3. The lowest BCUT2D eigenvalue weighted by Crippen LogP contribution is -2.32. The van der Waals surface area contributed by atoms with E-state index in [-0.39, 0.29) is 23.4 Å². The molecule has 3 aromatic rings. The van der Waals surface area contributed by atoms with E-state index in [1.54, 1.807) is 29.1 Å². The second-order valence-corrected chi connectivity index (χ2v) is 6.11. The summed E-state index contributed by atoms with van der Waals surface area (Å²) in [5.41, 5.74) is 1.85. The first-order chi connectivity index (χ1) is 12.5. The van der Waals surface area contributed by atoms with Gasteiger partial charge in [-0.3, -0.25) is 9.89 Å². The van der Waals surface area contributed by atoms with Gasteiger partial charge in [0, 0.05) is 6.20 Å². The predicted molar refractivity (Wildman–Crippen MR) is 92.0 cm³/mol. The molecule has 1 aromatic carbocycles. The number of amides is 1. The normalized spacial score (nSPS) is 12.1. The van der Waals surface area contributed by atoms with Crippen molar-refractivity contribution in [1.29, 1.82) is 0 Å². The van der Waals surface area contributed by atoms with Gasteiger partial charge in [0.05, 0.1) is 23.5 Å². The van der Waals surface area contributed by atoms with E-state index in [4.69, 9.17) is 5.11 Å². The molecule has 0 saturated carbocycles. The van der Waals surface area contributed by atoms with E-state index in [2.05, 4.69) is 25.8 Å². The van der Waals surface area contributed by atoms with Crippen molar-refractivity contribution in [3.63, 3.8) is 0 Å². The van der Waals surface area contributed by atoms with Crippen LogP contribution >= 0.6 is 0 Å². The number of nitrogens with zero attached hydrogens (tertiary/aromatic N) is 4. The van der Waals surface area contributed by atoms with Gasteiger partial charge in [0.15, 0.2) is 0 Å². The van der Waals surface area contributed by atoms with Crippen molar-refractivity contribution in [2.45, 2.75) is 19.9 Å². The molecule has 2 aromatic heterocycles. The number of carboxylic acid groups (broad SMARTS) is 1. The Labute approximate surface area is 149 Å². The molecule has 0 spiro atoms. The van der Waals surface area contributed by atoms with Gasteiger partial charge < -0.3 is 10.4 Å². The van der Waals surface area contributed by atoms with Crippen molar-refractivity contribution >= 4 is 11.9 Å². The van der Waals surface area contributed by atoms with Crippen LogP contribution < -0.4 is 5.32 Å². The molecule has 2 heterocycles. The zero-order valence-electron chi connectivity index (χ0n) is 14.2. The molecule has 9 heteroatoms. The van der Waals surface area contributed by atoms with Gasteiger partial charge in [-0.2, -0.15) is 5.10 Å². The molecule has 9 nitrogen and oxygen atoms in total. The number of benzene rings is 1. The summed E-state index contributed by atoms with van der Waals surface area (Å²) < 4.78 is 1.54. The zero-order valence-corrected chi connectivity index (χ0v) is 14.2. The lowest BCUT2D eigenvalue weighted by atomic mass is 10.0. The van der Waals surface area contributed by atoms with Gasteiger partial charge >= 0.3 is 5.97 Å². The highest BCUT2D eigenvalue weighted by molar-refractivity contribution is 5.92. The Kier molecular flexibility index (Phi) is 4.78. The molecule has 3 N–H and O–H groups in total. The Balaban J connectivity index is 1.81. The van der Waals surface area contributed by atoms with E-state index in [0.29, 0.717) is 17.1 Å². The summed E-state index contributed by atoms with van der Waals surface area (Å²) in [5, 5.41) is 26.5. The molecule has 1 atom stereocenters. The van der Waals surface area contributed by atoms with Crippen molar-refractivity contribution in [3.8, 4) is 5.69 Å². The average Bonchev–Trinajstić information content (AvgIpc) is 3.31. The summed E-state index contributed by atoms with van der Waals surface area (Å²) in [6, 6.07) is 7.55. The van der Waals surface area contributed by atoms with E-state index in [0.717, 1.165) is 0 Å². The maximum absolute atomic E-state index is 12.3. The second kappa shape index (κ2) is 7.18. The molecule has 0 radical (unpaired) electrons. The summed E-state index contributed by atoms with van der Waals surface area (Å²) in [5.74, 6) is -1.18. The second-order valence-electron chi connectivity index (χ2n) is 6.11. The largest absolute Gasteiger partial charge is 0.478 e. The fourth-order valence-corrected chi connectivity index (χ4v) is 2.49. The van der Waals surface area contributed by atoms with Gasteiger partial charge in [0.1, 0.15) is 11.4 Å². The van der Waals surface area contributed by atoms with Crippen molar-refractivity contribution in [3.05, 3.63) is 59.7 Å². The molecule has 134 valence electrons. The first kappa shape index (κ1) is 17.3. The van der Waals surface area contributed by atoms with Crippen LogP contribution in [0, 0.1) is 5.92 Å². The number of carboxylic acids is 1. The van der Waals surface area contributed by atoms with Crippen LogP contribution in [0.3, 0.4) is 0 Å². The molecule has 3 rings (SSSR count). The number of hydrogen-bond acceptors (Lipinski definition) is 5. The van der Waals surface area contributed by atoms with Crippen LogP contribution in [0.4, 0.5) is 0 Å².